The average molecular weight is 326 g/mol. The highest BCUT2D eigenvalue weighted by atomic mass is 16.4. The molecule has 0 unspecified atom stereocenters. The van der Waals surface area contributed by atoms with Crippen molar-refractivity contribution in [2.45, 2.75) is 19.3 Å². The molecule has 2 fully saturated rings. The van der Waals surface area contributed by atoms with Crippen LogP contribution in [0.25, 0.3) is 5.69 Å². The second kappa shape index (κ2) is 5.43. The Bertz CT molecular complexity index is 789. The molecule has 1 aliphatic heterocycles. The molecule has 1 N–H and O–H groups in total. The molecule has 7 nitrogen and oxygen atoms in total. The van der Waals surface area contributed by atoms with E-state index in [4.69, 9.17) is 0 Å². The highest BCUT2D eigenvalue weighted by Gasteiger charge is 2.55. The number of carbonyl (C=O) groups is 2. The molecular formula is C17H18N4O3. The summed E-state index contributed by atoms with van der Waals surface area (Å²) >= 11 is 0. The van der Waals surface area contributed by atoms with Crippen LogP contribution in [0, 0.1) is 11.3 Å². The summed E-state index contributed by atoms with van der Waals surface area (Å²) in [6.07, 6.45) is 5.70. The second-order valence-electron chi connectivity index (χ2n) is 6.60. The van der Waals surface area contributed by atoms with Crippen molar-refractivity contribution < 1.29 is 14.7 Å². The number of benzene rings is 1. The van der Waals surface area contributed by atoms with Gasteiger partial charge in [0.25, 0.3) is 5.91 Å². The number of likely N-dealkylation sites (tertiary alicyclic amines) is 1. The number of hydrogen-bond acceptors (Lipinski definition) is 4. The van der Waals surface area contributed by atoms with Gasteiger partial charge in [0, 0.05) is 13.1 Å². The smallest absolute Gasteiger partial charge is 0.311 e. The van der Waals surface area contributed by atoms with Crippen LogP contribution in [0.4, 0.5) is 0 Å². The fraction of sp³-hybridized carbons (Fsp3) is 0.412. The van der Waals surface area contributed by atoms with E-state index in [1.807, 2.05) is 12.1 Å². The zero-order chi connectivity index (χ0) is 16.7. The molecule has 7 heteroatoms. The minimum atomic E-state index is -0.773. The highest BCUT2D eigenvalue weighted by Crippen LogP contribution is 2.49. The highest BCUT2D eigenvalue weighted by molar-refractivity contribution is 5.98. The van der Waals surface area contributed by atoms with Crippen LogP contribution in [0.1, 0.15) is 29.6 Å². The third-order valence-electron chi connectivity index (χ3n) is 5.39. The molecule has 2 atom stereocenters. The number of aliphatic carboxylic acids is 1. The maximum atomic E-state index is 13.0. The molecule has 0 radical (unpaired) electrons. The third-order valence-corrected chi connectivity index (χ3v) is 5.39. The van der Waals surface area contributed by atoms with Crippen LogP contribution in [-0.2, 0) is 4.79 Å². The zero-order valence-corrected chi connectivity index (χ0v) is 13.1. The summed E-state index contributed by atoms with van der Waals surface area (Å²) in [6, 6.07) is 7.20. The standard InChI is InChI=1S/C17H18N4O3/c22-15(13-5-1-2-6-14(13)21-9-8-18-19-21)20-10-12-4-3-7-17(12,11-20)16(23)24/h1-2,5-6,8-9,12H,3-4,7,10-11H2,(H,23,24)/t12-,17+/m0/s1. The van der Waals surface area contributed by atoms with Gasteiger partial charge in [-0.3, -0.25) is 9.59 Å². The molecule has 1 saturated carbocycles. The number of carbonyl (C=O) groups excluding carboxylic acids is 1. The molecule has 24 heavy (non-hydrogen) atoms. The largest absolute Gasteiger partial charge is 0.481 e. The molecule has 0 spiro atoms. The van der Waals surface area contributed by atoms with Gasteiger partial charge >= 0.3 is 5.97 Å². The number of carboxylic acids is 1. The molecule has 2 aromatic rings. The first-order valence-electron chi connectivity index (χ1n) is 8.10. The Morgan fingerprint density at radius 1 is 1.29 bits per heavy atom. The topological polar surface area (TPSA) is 88.3 Å². The summed E-state index contributed by atoms with van der Waals surface area (Å²) in [5.41, 5.74) is 0.405. The van der Waals surface area contributed by atoms with Gasteiger partial charge in [-0.05, 0) is 30.9 Å². The van der Waals surface area contributed by atoms with Gasteiger partial charge in [-0.15, -0.1) is 5.10 Å². The Hall–Kier alpha value is -2.70. The predicted octanol–water partition coefficient (Wildman–Crippen LogP) is 1.59. The summed E-state index contributed by atoms with van der Waals surface area (Å²) in [5, 5.41) is 17.4. The average Bonchev–Trinajstić information content (AvgIpc) is 3.29. The normalized spacial score (nSPS) is 25.7. The molecule has 1 saturated heterocycles. The minimum absolute atomic E-state index is 0.0532. The van der Waals surface area contributed by atoms with Gasteiger partial charge in [-0.25, -0.2) is 4.68 Å². The molecule has 1 aromatic carbocycles. The first kappa shape index (κ1) is 14.9. The quantitative estimate of drug-likeness (QED) is 0.925. The number of aromatic nitrogens is 3. The van der Waals surface area contributed by atoms with Crippen LogP contribution in [0.3, 0.4) is 0 Å². The number of fused-ring (bicyclic) bond motifs is 1. The van der Waals surface area contributed by atoms with E-state index in [1.54, 1.807) is 34.1 Å². The summed E-state index contributed by atoms with van der Waals surface area (Å²) in [6.45, 7) is 0.800. The Morgan fingerprint density at radius 2 is 2.12 bits per heavy atom. The van der Waals surface area contributed by atoms with Crippen LogP contribution in [0.2, 0.25) is 0 Å². The van der Waals surface area contributed by atoms with E-state index in [0.717, 1.165) is 12.8 Å². The van der Waals surface area contributed by atoms with Crippen molar-refractivity contribution in [3.05, 3.63) is 42.2 Å². The predicted molar refractivity (Wildman–Crippen MR) is 84.7 cm³/mol. The first-order chi connectivity index (χ1) is 11.6. The van der Waals surface area contributed by atoms with Gasteiger partial charge in [-0.2, -0.15) is 0 Å². The monoisotopic (exact) mass is 326 g/mol. The van der Waals surface area contributed by atoms with Crippen molar-refractivity contribution >= 4 is 11.9 Å². The summed E-state index contributed by atoms with van der Waals surface area (Å²) in [5.74, 6) is -0.863. The van der Waals surface area contributed by atoms with Crippen LogP contribution in [0.5, 0.6) is 0 Å². The lowest BCUT2D eigenvalue weighted by Crippen LogP contribution is -2.37. The van der Waals surface area contributed by atoms with E-state index >= 15 is 0 Å². The zero-order valence-electron chi connectivity index (χ0n) is 13.1. The first-order valence-corrected chi connectivity index (χ1v) is 8.10. The molecule has 2 aliphatic rings. The fourth-order valence-corrected chi connectivity index (χ4v) is 4.15. The molecule has 1 aromatic heterocycles. The Kier molecular flexibility index (Phi) is 3.37. The van der Waals surface area contributed by atoms with Crippen LogP contribution in [0.15, 0.2) is 36.7 Å². The Labute approximate surface area is 138 Å². The van der Waals surface area contributed by atoms with Crippen molar-refractivity contribution in [2.75, 3.05) is 13.1 Å². The maximum Gasteiger partial charge on any atom is 0.311 e. The van der Waals surface area contributed by atoms with E-state index in [9.17, 15) is 14.7 Å². The molecule has 1 amide bonds. The van der Waals surface area contributed by atoms with E-state index in [2.05, 4.69) is 10.3 Å². The summed E-state index contributed by atoms with van der Waals surface area (Å²) < 4.78 is 1.55. The molecule has 0 bridgehead atoms. The Balaban J connectivity index is 1.66. The van der Waals surface area contributed by atoms with Crippen LogP contribution >= 0.6 is 0 Å². The Morgan fingerprint density at radius 3 is 2.83 bits per heavy atom. The number of rotatable bonds is 3. The van der Waals surface area contributed by atoms with Gasteiger partial charge in [-0.1, -0.05) is 23.8 Å². The molecule has 4 rings (SSSR count). The number of amides is 1. The van der Waals surface area contributed by atoms with Crippen molar-refractivity contribution in [1.82, 2.24) is 19.9 Å². The number of para-hydroxylation sites is 1. The number of hydrogen-bond donors (Lipinski definition) is 1. The number of nitrogens with zero attached hydrogens (tertiary/aromatic N) is 4. The minimum Gasteiger partial charge on any atom is -0.481 e. The molecular weight excluding hydrogens is 308 g/mol. The van der Waals surface area contributed by atoms with Gasteiger partial charge in [0.1, 0.15) is 0 Å². The summed E-state index contributed by atoms with van der Waals surface area (Å²) in [7, 11) is 0. The third kappa shape index (κ3) is 2.11. The van der Waals surface area contributed by atoms with Crippen LogP contribution in [-0.4, -0.2) is 50.0 Å². The molecule has 2 heterocycles. The maximum absolute atomic E-state index is 13.0. The van der Waals surface area contributed by atoms with E-state index in [0.29, 0.717) is 24.2 Å². The van der Waals surface area contributed by atoms with Crippen LogP contribution < -0.4 is 0 Å². The SMILES string of the molecule is O=C(c1ccccc1-n1ccnn1)N1C[C@@H]2CCC[C@@]2(C(=O)O)C1. The van der Waals surface area contributed by atoms with Crippen molar-refractivity contribution in [2.24, 2.45) is 11.3 Å². The van der Waals surface area contributed by atoms with E-state index in [1.165, 1.54) is 0 Å². The van der Waals surface area contributed by atoms with Crippen molar-refractivity contribution in [3.8, 4) is 5.69 Å². The number of carboxylic acid groups (broad SMARTS) is 1. The van der Waals surface area contributed by atoms with Gasteiger partial charge in [0.05, 0.1) is 29.1 Å². The van der Waals surface area contributed by atoms with Gasteiger partial charge in [0.2, 0.25) is 0 Å². The lowest BCUT2D eigenvalue weighted by Gasteiger charge is -2.23. The molecule has 1 aliphatic carbocycles. The van der Waals surface area contributed by atoms with Gasteiger partial charge in [0.15, 0.2) is 0 Å². The fourth-order valence-electron chi connectivity index (χ4n) is 4.15. The second-order valence-corrected chi connectivity index (χ2v) is 6.60. The van der Waals surface area contributed by atoms with Gasteiger partial charge < -0.3 is 10.0 Å². The van der Waals surface area contributed by atoms with E-state index < -0.39 is 11.4 Å². The lowest BCUT2D eigenvalue weighted by atomic mass is 9.81. The molecule has 124 valence electrons. The van der Waals surface area contributed by atoms with Crippen molar-refractivity contribution in [3.63, 3.8) is 0 Å². The van der Waals surface area contributed by atoms with Crippen molar-refractivity contribution in [1.29, 1.82) is 0 Å². The van der Waals surface area contributed by atoms with E-state index in [-0.39, 0.29) is 18.4 Å². The lowest BCUT2D eigenvalue weighted by molar-refractivity contribution is -0.149. The summed E-state index contributed by atoms with van der Waals surface area (Å²) in [4.78, 5) is 26.5.